The number of nitrogens with one attached hydrogen (secondary N) is 1. The maximum absolute atomic E-state index is 11.8. The number of carbonyl (C=O) groups excluding carboxylic acids is 1. The Labute approximate surface area is 118 Å². The zero-order chi connectivity index (χ0) is 14.4. The molecule has 2 aromatic rings. The summed E-state index contributed by atoms with van der Waals surface area (Å²) in [5.41, 5.74) is 0.865. The fourth-order valence-corrected chi connectivity index (χ4v) is 2.09. The van der Waals surface area contributed by atoms with Crippen LogP contribution in [0.5, 0.6) is 0 Å². The molecule has 0 unspecified atom stereocenters. The lowest BCUT2D eigenvalue weighted by Gasteiger charge is -2.19. The molecule has 2 N–H and O–H groups in total. The van der Waals surface area contributed by atoms with Gasteiger partial charge in [0.15, 0.2) is 0 Å². The van der Waals surface area contributed by atoms with E-state index in [0.29, 0.717) is 26.1 Å². The van der Waals surface area contributed by atoms with Crippen molar-refractivity contribution in [3.63, 3.8) is 0 Å². The summed E-state index contributed by atoms with van der Waals surface area (Å²) in [5.74, 6) is 0.858. The number of likely N-dealkylation sites (N-methyl/N-ethyl adjacent to an activating group) is 1. The van der Waals surface area contributed by atoms with Gasteiger partial charge in [0.1, 0.15) is 11.3 Å². The summed E-state index contributed by atoms with van der Waals surface area (Å²) in [4.78, 5) is 13.4. The molecule has 0 aliphatic heterocycles. The fourth-order valence-electron chi connectivity index (χ4n) is 2.09. The van der Waals surface area contributed by atoms with Crippen molar-refractivity contribution in [3.05, 3.63) is 36.1 Å². The minimum absolute atomic E-state index is 0.0230. The second kappa shape index (κ2) is 6.96. The Morgan fingerprint density at radius 1 is 1.40 bits per heavy atom. The first kappa shape index (κ1) is 14.4. The monoisotopic (exact) mass is 276 g/mol. The maximum Gasteiger partial charge on any atom is 0.317 e. The average molecular weight is 276 g/mol. The van der Waals surface area contributed by atoms with E-state index in [-0.39, 0.29) is 12.6 Å². The zero-order valence-electron chi connectivity index (χ0n) is 11.6. The highest BCUT2D eigenvalue weighted by molar-refractivity contribution is 5.77. The molecule has 108 valence electrons. The lowest BCUT2D eigenvalue weighted by atomic mass is 10.2. The molecule has 1 aromatic heterocycles. The van der Waals surface area contributed by atoms with Crippen LogP contribution in [-0.2, 0) is 6.42 Å². The molecule has 0 spiro atoms. The van der Waals surface area contributed by atoms with Gasteiger partial charge in [-0.25, -0.2) is 4.79 Å². The number of fused-ring (bicyclic) bond motifs is 1. The van der Waals surface area contributed by atoms with Crippen LogP contribution in [0.1, 0.15) is 12.7 Å². The van der Waals surface area contributed by atoms with Gasteiger partial charge in [0.25, 0.3) is 0 Å². The number of amides is 2. The van der Waals surface area contributed by atoms with Gasteiger partial charge in [0.05, 0.1) is 6.61 Å². The molecule has 0 fully saturated rings. The molecule has 0 aliphatic rings. The predicted octanol–water partition coefficient (Wildman–Crippen LogP) is 2.00. The molecule has 2 rings (SSSR count). The third kappa shape index (κ3) is 3.51. The summed E-state index contributed by atoms with van der Waals surface area (Å²) in [6.45, 7) is 3.31. The molecule has 0 saturated heterocycles. The molecule has 0 atom stereocenters. The predicted molar refractivity (Wildman–Crippen MR) is 77.6 cm³/mol. The van der Waals surface area contributed by atoms with Gasteiger partial charge in [-0.1, -0.05) is 18.2 Å². The SMILES string of the molecule is CCN(CCO)C(=O)NCCc1cc2ccccc2o1. The van der Waals surface area contributed by atoms with Gasteiger partial charge >= 0.3 is 6.03 Å². The van der Waals surface area contributed by atoms with Crippen LogP contribution in [-0.4, -0.2) is 42.3 Å². The number of furan rings is 1. The van der Waals surface area contributed by atoms with Crippen LogP contribution in [0.25, 0.3) is 11.0 Å². The first-order valence-corrected chi connectivity index (χ1v) is 6.85. The van der Waals surface area contributed by atoms with E-state index in [9.17, 15) is 4.79 Å². The number of nitrogens with zero attached hydrogens (tertiary/aromatic N) is 1. The van der Waals surface area contributed by atoms with Gasteiger partial charge in [0, 0.05) is 31.4 Å². The van der Waals surface area contributed by atoms with Crippen LogP contribution in [0.4, 0.5) is 4.79 Å². The van der Waals surface area contributed by atoms with Gasteiger partial charge in [-0.3, -0.25) is 0 Å². The normalized spacial score (nSPS) is 10.7. The Morgan fingerprint density at radius 3 is 2.90 bits per heavy atom. The highest BCUT2D eigenvalue weighted by Gasteiger charge is 2.10. The number of aliphatic hydroxyl groups excluding tert-OH is 1. The topological polar surface area (TPSA) is 65.7 Å². The number of benzene rings is 1. The third-order valence-electron chi connectivity index (χ3n) is 3.16. The van der Waals surface area contributed by atoms with Crippen molar-refractivity contribution >= 4 is 17.0 Å². The van der Waals surface area contributed by atoms with Crippen molar-refractivity contribution in [2.45, 2.75) is 13.3 Å². The minimum atomic E-state index is -0.155. The molecule has 0 radical (unpaired) electrons. The molecule has 0 aliphatic carbocycles. The van der Waals surface area contributed by atoms with Crippen molar-refractivity contribution < 1.29 is 14.3 Å². The Bertz CT molecular complexity index is 532. The minimum Gasteiger partial charge on any atom is -0.461 e. The summed E-state index contributed by atoms with van der Waals surface area (Å²) in [5, 5.41) is 12.8. The van der Waals surface area contributed by atoms with Crippen LogP contribution in [0.2, 0.25) is 0 Å². The maximum atomic E-state index is 11.8. The third-order valence-corrected chi connectivity index (χ3v) is 3.16. The van der Waals surface area contributed by atoms with Gasteiger partial charge in [-0.05, 0) is 19.1 Å². The van der Waals surface area contributed by atoms with Crippen LogP contribution >= 0.6 is 0 Å². The Hall–Kier alpha value is -2.01. The highest BCUT2D eigenvalue weighted by atomic mass is 16.3. The zero-order valence-corrected chi connectivity index (χ0v) is 11.6. The smallest absolute Gasteiger partial charge is 0.317 e. The summed E-state index contributed by atoms with van der Waals surface area (Å²) in [6.07, 6.45) is 0.650. The molecule has 1 aromatic carbocycles. The summed E-state index contributed by atoms with van der Waals surface area (Å²) < 4.78 is 5.68. The Morgan fingerprint density at radius 2 is 2.20 bits per heavy atom. The van der Waals surface area contributed by atoms with E-state index in [2.05, 4.69) is 5.32 Å². The second-order valence-corrected chi connectivity index (χ2v) is 4.54. The van der Waals surface area contributed by atoms with E-state index in [4.69, 9.17) is 9.52 Å². The van der Waals surface area contributed by atoms with E-state index in [1.807, 2.05) is 37.3 Å². The molecule has 1 heterocycles. The molecular formula is C15H20N2O3. The largest absolute Gasteiger partial charge is 0.461 e. The lowest BCUT2D eigenvalue weighted by Crippen LogP contribution is -2.42. The van der Waals surface area contributed by atoms with Crippen molar-refractivity contribution in [1.82, 2.24) is 10.2 Å². The standard InChI is InChI=1S/C15H20N2O3/c1-2-17(9-10-18)15(19)16-8-7-13-11-12-5-3-4-6-14(12)20-13/h3-6,11,18H,2,7-10H2,1H3,(H,16,19). The molecule has 0 bridgehead atoms. The number of hydrogen-bond acceptors (Lipinski definition) is 3. The van der Waals surface area contributed by atoms with Crippen LogP contribution in [0, 0.1) is 0 Å². The van der Waals surface area contributed by atoms with Gasteiger partial charge < -0.3 is 19.7 Å². The van der Waals surface area contributed by atoms with E-state index in [1.54, 1.807) is 4.90 Å². The number of rotatable bonds is 6. The van der Waals surface area contributed by atoms with E-state index < -0.39 is 0 Å². The number of hydrogen-bond donors (Lipinski definition) is 2. The molecule has 0 saturated carbocycles. The number of carbonyl (C=O) groups is 1. The first-order chi connectivity index (χ1) is 9.74. The quantitative estimate of drug-likeness (QED) is 0.848. The van der Waals surface area contributed by atoms with Crippen LogP contribution < -0.4 is 5.32 Å². The van der Waals surface area contributed by atoms with Crippen molar-refractivity contribution in [2.24, 2.45) is 0 Å². The molecule has 5 heteroatoms. The fraction of sp³-hybridized carbons (Fsp3) is 0.400. The average Bonchev–Trinajstić information content (AvgIpc) is 2.87. The number of aliphatic hydroxyl groups is 1. The Balaban J connectivity index is 1.84. The molecule has 2 amide bonds. The molecule has 5 nitrogen and oxygen atoms in total. The van der Waals surface area contributed by atoms with Crippen molar-refractivity contribution in [3.8, 4) is 0 Å². The van der Waals surface area contributed by atoms with Crippen molar-refractivity contribution in [1.29, 1.82) is 0 Å². The van der Waals surface area contributed by atoms with Crippen LogP contribution in [0.15, 0.2) is 34.7 Å². The van der Waals surface area contributed by atoms with Gasteiger partial charge in [0.2, 0.25) is 0 Å². The van der Waals surface area contributed by atoms with Gasteiger partial charge in [-0.15, -0.1) is 0 Å². The van der Waals surface area contributed by atoms with Crippen LogP contribution in [0.3, 0.4) is 0 Å². The summed E-state index contributed by atoms with van der Waals surface area (Å²) >= 11 is 0. The molecular weight excluding hydrogens is 256 g/mol. The number of para-hydroxylation sites is 1. The van der Waals surface area contributed by atoms with E-state index >= 15 is 0 Å². The van der Waals surface area contributed by atoms with E-state index in [1.165, 1.54) is 0 Å². The molecule has 20 heavy (non-hydrogen) atoms. The van der Waals surface area contributed by atoms with Gasteiger partial charge in [-0.2, -0.15) is 0 Å². The number of urea groups is 1. The highest BCUT2D eigenvalue weighted by Crippen LogP contribution is 2.18. The lowest BCUT2D eigenvalue weighted by molar-refractivity contribution is 0.180. The van der Waals surface area contributed by atoms with E-state index in [0.717, 1.165) is 16.7 Å². The first-order valence-electron chi connectivity index (χ1n) is 6.85. The summed E-state index contributed by atoms with van der Waals surface area (Å²) in [7, 11) is 0. The Kier molecular flexibility index (Phi) is 5.01. The van der Waals surface area contributed by atoms with Crippen molar-refractivity contribution in [2.75, 3.05) is 26.2 Å². The summed E-state index contributed by atoms with van der Waals surface area (Å²) in [6, 6.07) is 9.67. The second-order valence-electron chi connectivity index (χ2n) is 4.54.